The fraction of sp³-hybridized carbons (Fsp3) is 0.0714. The summed E-state index contributed by atoms with van der Waals surface area (Å²) in [5.74, 6) is 1.54. The summed E-state index contributed by atoms with van der Waals surface area (Å²) in [5.41, 5.74) is 1.05. The summed E-state index contributed by atoms with van der Waals surface area (Å²) in [4.78, 5) is 4.07. The van der Waals surface area contributed by atoms with E-state index in [0.717, 1.165) is 21.5 Å². The second-order valence-corrected chi connectivity index (χ2v) is 4.39. The molecule has 0 amide bonds. The normalized spacial score (nSPS) is 10.7. The fourth-order valence-electron chi connectivity index (χ4n) is 1.47. The number of allylic oxidation sites excluding steroid dienone is 1. The number of hydrogen-bond acceptors (Lipinski definition) is 2. The molecule has 2 rings (SSSR count). The van der Waals surface area contributed by atoms with Gasteiger partial charge < -0.3 is 4.74 Å². The van der Waals surface area contributed by atoms with Crippen molar-refractivity contribution in [3.63, 3.8) is 0 Å². The van der Waals surface area contributed by atoms with E-state index in [1.807, 2.05) is 49.4 Å². The molecule has 0 fully saturated rings. The molecular weight excluding hydrogens is 278 g/mol. The Hall–Kier alpha value is -1.61. The summed E-state index contributed by atoms with van der Waals surface area (Å²) < 4.78 is 6.70. The van der Waals surface area contributed by atoms with Crippen LogP contribution < -0.4 is 4.74 Å². The first-order valence-electron chi connectivity index (χ1n) is 5.30. The van der Waals surface area contributed by atoms with Gasteiger partial charge in [-0.15, -0.1) is 0 Å². The minimum Gasteiger partial charge on any atom is -0.455 e. The average Bonchev–Trinajstić information content (AvgIpc) is 2.32. The van der Waals surface area contributed by atoms with Gasteiger partial charge in [0.15, 0.2) is 0 Å². The van der Waals surface area contributed by atoms with Crippen molar-refractivity contribution in [2.75, 3.05) is 0 Å². The average molecular weight is 290 g/mol. The van der Waals surface area contributed by atoms with Crippen LogP contribution in [0.2, 0.25) is 0 Å². The lowest BCUT2D eigenvalue weighted by Crippen LogP contribution is -1.88. The first kappa shape index (κ1) is 11.9. The number of para-hydroxylation sites is 1. The van der Waals surface area contributed by atoms with Crippen LogP contribution in [0.3, 0.4) is 0 Å². The number of rotatable bonds is 3. The van der Waals surface area contributed by atoms with E-state index in [2.05, 4.69) is 20.9 Å². The monoisotopic (exact) mass is 289 g/mol. The topological polar surface area (TPSA) is 22.1 Å². The zero-order valence-corrected chi connectivity index (χ0v) is 11.0. The Bertz CT molecular complexity index is 537. The molecular formula is C14H12BrNO. The predicted octanol–water partition coefficient (Wildman–Crippen LogP) is 4.67. The van der Waals surface area contributed by atoms with E-state index in [4.69, 9.17) is 4.74 Å². The SMILES string of the molecule is C/C=C/c1ccccc1Oc1cncc(Br)c1. The molecule has 1 heterocycles. The van der Waals surface area contributed by atoms with Gasteiger partial charge in [0, 0.05) is 16.2 Å². The van der Waals surface area contributed by atoms with Crippen LogP contribution in [0.15, 0.2) is 53.3 Å². The molecule has 2 nitrogen and oxygen atoms in total. The number of aromatic nitrogens is 1. The number of halogens is 1. The van der Waals surface area contributed by atoms with Gasteiger partial charge in [-0.05, 0) is 35.0 Å². The summed E-state index contributed by atoms with van der Waals surface area (Å²) in [6.07, 6.45) is 7.42. The molecule has 0 unspecified atom stereocenters. The van der Waals surface area contributed by atoms with Crippen molar-refractivity contribution in [3.8, 4) is 11.5 Å². The van der Waals surface area contributed by atoms with Gasteiger partial charge in [-0.1, -0.05) is 30.4 Å². The summed E-state index contributed by atoms with van der Waals surface area (Å²) in [5, 5.41) is 0. The Kier molecular flexibility index (Phi) is 3.94. The number of nitrogens with zero attached hydrogens (tertiary/aromatic N) is 1. The maximum absolute atomic E-state index is 5.80. The van der Waals surface area contributed by atoms with Crippen molar-refractivity contribution in [2.45, 2.75) is 6.92 Å². The maximum atomic E-state index is 5.80. The molecule has 0 radical (unpaired) electrons. The van der Waals surface area contributed by atoms with E-state index >= 15 is 0 Å². The summed E-state index contributed by atoms with van der Waals surface area (Å²) in [7, 11) is 0. The molecule has 0 aliphatic rings. The second kappa shape index (κ2) is 5.64. The van der Waals surface area contributed by atoms with Crippen LogP contribution in [0.4, 0.5) is 0 Å². The van der Waals surface area contributed by atoms with Gasteiger partial charge in [-0.25, -0.2) is 0 Å². The Balaban J connectivity index is 2.29. The largest absolute Gasteiger partial charge is 0.455 e. The molecule has 0 saturated heterocycles. The summed E-state index contributed by atoms with van der Waals surface area (Å²) in [6, 6.07) is 9.78. The van der Waals surface area contributed by atoms with Gasteiger partial charge in [-0.3, -0.25) is 4.98 Å². The molecule has 3 heteroatoms. The third kappa shape index (κ3) is 3.17. The minimum atomic E-state index is 0.719. The highest BCUT2D eigenvalue weighted by Crippen LogP contribution is 2.27. The highest BCUT2D eigenvalue weighted by atomic mass is 79.9. The van der Waals surface area contributed by atoms with Crippen molar-refractivity contribution >= 4 is 22.0 Å². The molecule has 2 aromatic rings. The smallest absolute Gasteiger partial charge is 0.146 e. The van der Waals surface area contributed by atoms with Crippen LogP contribution in [-0.4, -0.2) is 4.98 Å². The molecule has 0 aliphatic heterocycles. The molecule has 0 spiro atoms. The zero-order valence-electron chi connectivity index (χ0n) is 9.43. The molecule has 0 saturated carbocycles. The number of benzene rings is 1. The number of pyridine rings is 1. The fourth-order valence-corrected chi connectivity index (χ4v) is 1.81. The molecule has 1 aromatic carbocycles. The van der Waals surface area contributed by atoms with Crippen LogP contribution >= 0.6 is 15.9 Å². The highest BCUT2D eigenvalue weighted by Gasteiger charge is 2.02. The summed E-state index contributed by atoms with van der Waals surface area (Å²) >= 11 is 3.37. The van der Waals surface area contributed by atoms with Gasteiger partial charge >= 0.3 is 0 Å². The number of hydrogen-bond donors (Lipinski definition) is 0. The Morgan fingerprint density at radius 1 is 1.24 bits per heavy atom. The van der Waals surface area contributed by atoms with Gasteiger partial charge in [0.1, 0.15) is 11.5 Å². The Morgan fingerprint density at radius 2 is 2.06 bits per heavy atom. The van der Waals surface area contributed by atoms with Crippen LogP contribution in [0, 0.1) is 0 Å². The third-order valence-corrected chi connectivity index (χ3v) is 2.61. The highest BCUT2D eigenvalue weighted by molar-refractivity contribution is 9.10. The molecule has 0 bridgehead atoms. The van der Waals surface area contributed by atoms with E-state index in [9.17, 15) is 0 Å². The van der Waals surface area contributed by atoms with Gasteiger partial charge in [0.2, 0.25) is 0 Å². The molecule has 1 aromatic heterocycles. The van der Waals surface area contributed by atoms with Crippen molar-refractivity contribution in [2.24, 2.45) is 0 Å². The molecule has 0 atom stereocenters. The lowest BCUT2D eigenvalue weighted by molar-refractivity contribution is 0.479. The van der Waals surface area contributed by atoms with Crippen molar-refractivity contribution < 1.29 is 4.74 Å². The van der Waals surface area contributed by atoms with Gasteiger partial charge in [0.05, 0.1) is 6.20 Å². The van der Waals surface area contributed by atoms with E-state index < -0.39 is 0 Å². The van der Waals surface area contributed by atoms with E-state index in [1.54, 1.807) is 12.4 Å². The Labute approximate surface area is 109 Å². The first-order valence-corrected chi connectivity index (χ1v) is 6.09. The van der Waals surface area contributed by atoms with Crippen LogP contribution in [0.5, 0.6) is 11.5 Å². The first-order chi connectivity index (χ1) is 8.29. The summed E-state index contributed by atoms with van der Waals surface area (Å²) in [6.45, 7) is 1.98. The van der Waals surface area contributed by atoms with E-state index in [0.29, 0.717) is 0 Å². The van der Waals surface area contributed by atoms with Crippen molar-refractivity contribution in [1.82, 2.24) is 4.98 Å². The van der Waals surface area contributed by atoms with Crippen molar-refractivity contribution in [3.05, 3.63) is 58.8 Å². The standard InChI is InChI=1S/C14H12BrNO/c1-2-5-11-6-3-4-7-14(11)17-13-8-12(15)9-16-10-13/h2-10H,1H3/b5-2+. The maximum Gasteiger partial charge on any atom is 0.146 e. The third-order valence-electron chi connectivity index (χ3n) is 2.17. The molecule has 0 N–H and O–H groups in total. The van der Waals surface area contributed by atoms with E-state index in [-0.39, 0.29) is 0 Å². The molecule has 86 valence electrons. The Morgan fingerprint density at radius 3 is 2.82 bits per heavy atom. The lowest BCUT2D eigenvalue weighted by atomic mass is 10.2. The zero-order chi connectivity index (χ0) is 12.1. The van der Waals surface area contributed by atoms with Crippen LogP contribution in [-0.2, 0) is 0 Å². The van der Waals surface area contributed by atoms with Gasteiger partial charge in [0.25, 0.3) is 0 Å². The molecule has 0 aliphatic carbocycles. The van der Waals surface area contributed by atoms with Crippen LogP contribution in [0.25, 0.3) is 6.08 Å². The minimum absolute atomic E-state index is 0.719. The lowest BCUT2D eigenvalue weighted by Gasteiger charge is -2.08. The van der Waals surface area contributed by atoms with E-state index in [1.165, 1.54) is 0 Å². The van der Waals surface area contributed by atoms with Crippen LogP contribution in [0.1, 0.15) is 12.5 Å². The predicted molar refractivity (Wildman–Crippen MR) is 73.2 cm³/mol. The number of ether oxygens (including phenoxy) is 1. The van der Waals surface area contributed by atoms with Crippen molar-refractivity contribution in [1.29, 1.82) is 0 Å². The second-order valence-electron chi connectivity index (χ2n) is 3.48. The quantitative estimate of drug-likeness (QED) is 0.819. The van der Waals surface area contributed by atoms with Gasteiger partial charge in [-0.2, -0.15) is 0 Å². The molecule has 17 heavy (non-hydrogen) atoms.